The molecule has 166 valence electrons. The largest absolute Gasteiger partial charge is 0.381 e. The first-order valence-corrected chi connectivity index (χ1v) is 10.5. The molecule has 0 saturated carbocycles. The van der Waals surface area contributed by atoms with Crippen molar-refractivity contribution in [2.24, 2.45) is 12.0 Å². The highest BCUT2D eigenvalue weighted by atomic mass is 127. The molecule has 30 heavy (non-hydrogen) atoms. The van der Waals surface area contributed by atoms with E-state index in [1.54, 1.807) is 0 Å². The number of aromatic nitrogens is 1. The average Bonchev–Trinajstić information content (AvgIpc) is 3.15. The topological polar surface area (TPSA) is 51.0 Å². The lowest BCUT2D eigenvalue weighted by atomic mass is 10.1. The fourth-order valence-electron chi connectivity index (χ4n) is 3.41. The molecule has 1 aliphatic rings. The third-order valence-electron chi connectivity index (χ3n) is 5.24. The number of nitrogens with one attached hydrogen (secondary N) is 1. The van der Waals surface area contributed by atoms with Gasteiger partial charge in [-0.15, -0.1) is 24.0 Å². The van der Waals surface area contributed by atoms with E-state index in [4.69, 9.17) is 14.5 Å². The normalized spacial score (nSPS) is 15.0. The van der Waals surface area contributed by atoms with Gasteiger partial charge in [-0.05, 0) is 43.0 Å². The van der Waals surface area contributed by atoms with E-state index < -0.39 is 0 Å². The molecule has 0 spiro atoms. The summed E-state index contributed by atoms with van der Waals surface area (Å²) in [4.78, 5) is 6.98. The van der Waals surface area contributed by atoms with Crippen LogP contribution in [0.3, 0.4) is 0 Å². The van der Waals surface area contributed by atoms with Gasteiger partial charge in [-0.2, -0.15) is 0 Å². The summed E-state index contributed by atoms with van der Waals surface area (Å²) in [6, 6.07) is 12.8. The molecule has 1 aromatic heterocycles. The molecule has 1 N–H and O–H groups in total. The molecule has 1 aliphatic heterocycles. The number of hydrogen-bond acceptors (Lipinski definition) is 3. The number of rotatable bonds is 8. The van der Waals surface area contributed by atoms with E-state index >= 15 is 0 Å². The molecule has 6 nitrogen and oxygen atoms in total. The molecule has 1 aromatic carbocycles. The minimum atomic E-state index is 0. The molecule has 1 saturated heterocycles. The number of nitrogens with zero attached hydrogens (tertiary/aromatic N) is 3. The van der Waals surface area contributed by atoms with Crippen LogP contribution in [0, 0.1) is 0 Å². The quantitative estimate of drug-likeness (QED) is 0.322. The molecule has 2 aromatic rings. The molecule has 2 heterocycles. The molecule has 7 heteroatoms. The summed E-state index contributed by atoms with van der Waals surface area (Å²) in [6.07, 6.45) is 4.39. The van der Waals surface area contributed by atoms with Gasteiger partial charge in [0.1, 0.15) is 0 Å². The maximum Gasteiger partial charge on any atom is 0.194 e. The zero-order valence-electron chi connectivity index (χ0n) is 18.3. The van der Waals surface area contributed by atoms with E-state index in [1.807, 2.05) is 0 Å². The molecule has 3 rings (SSSR count). The Morgan fingerprint density at radius 2 is 1.90 bits per heavy atom. The SMILES string of the molecule is CCNC(=NCc1ccc(COC2CCOCC2)cc1)N(C)Cc1cccn1C.I. The predicted octanol–water partition coefficient (Wildman–Crippen LogP) is 3.94. The maximum absolute atomic E-state index is 6.00. The fraction of sp³-hybridized carbons (Fsp3) is 0.522. The monoisotopic (exact) mass is 526 g/mol. The van der Waals surface area contributed by atoms with Gasteiger partial charge in [0.2, 0.25) is 0 Å². The number of benzene rings is 1. The van der Waals surface area contributed by atoms with Gasteiger partial charge in [0.05, 0.1) is 25.8 Å². The summed E-state index contributed by atoms with van der Waals surface area (Å²) in [5.41, 5.74) is 3.66. The van der Waals surface area contributed by atoms with Crippen molar-refractivity contribution in [2.75, 3.05) is 26.8 Å². The lowest BCUT2D eigenvalue weighted by Gasteiger charge is -2.22. The van der Waals surface area contributed by atoms with Crippen LogP contribution in [0.5, 0.6) is 0 Å². The van der Waals surface area contributed by atoms with Crippen LogP contribution in [0.4, 0.5) is 0 Å². The summed E-state index contributed by atoms with van der Waals surface area (Å²) < 4.78 is 13.5. The van der Waals surface area contributed by atoms with Gasteiger partial charge in [0.25, 0.3) is 0 Å². The minimum absolute atomic E-state index is 0. The first-order valence-electron chi connectivity index (χ1n) is 10.5. The van der Waals surface area contributed by atoms with Crippen LogP contribution >= 0.6 is 24.0 Å². The number of guanidine groups is 1. The Kier molecular flexibility index (Phi) is 10.7. The first kappa shape index (κ1) is 24.7. The molecular weight excluding hydrogens is 491 g/mol. The maximum atomic E-state index is 6.00. The Morgan fingerprint density at radius 1 is 1.20 bits per heavy atom. The van der Waals surface area contributed by atoms with E-state index in [9.17, 15) is 0 Å². The van der Waals surface area contributed by atoms with Crippen LogP contribution in [-0.2, 0) is 36.2 Å². The number of hydrogen-bond donors (Lipinski definition) is 1. The molecule has 0 unspecified atom stereocenters. The lowest BCUT2D eigenvalue weighted by Crippen LogP contribution is -2.38. The van der Waals surface area contributed by atoms with Crippen molar-refractivity contribution in [3.8, 4) is 0 Å². The Balaban J connectivity index is 0.00000320. The fourth-order valence-corrected chi connectivity index (χ4v) is 3.41. The Morgan fingerprint density at radius 3 is 2.53 bits per heavy atom. The van der Waals surface area contributed by atoms with Gasteiger partial charge >= 0.3 is 0 Å². The summed E-state index contributed by atoms with van der Waals surface area (Å²) in [5.74, 6) is 0.917. The number of aliphatic imine (C=N–C) groups is 1. The number of ether oxygens (including phenoxy) is 2. The molecule has 1 fully saturated rings. The van der Waals surface area contributed by atoms with E-state index in [1.165, 1.54) is 16.8 Å². The highest BCUT2D eigenvalue weighted by Crippen LogP contribution is 2.14. The van der Waals surface area contributed by atoms with Crippen LogP contribution in [0.15, 0.2) is 47.6 Å². The lowest BCUT2D eigenvalue weighted by molar-refractivity contribution is -0.0390. The van der Waals surface area contributed by atoms with Gasteiger partial charge in [0.15, 0.2) is 5.96 Å². The average molecular weight is 526 g/mol. The Bertz CT molecular complexity index is 770. The third kappa shape index (κ3) is 7.59. The van der Waals surface area contributed by atoms with Crippen molar-refractivity contribution in [3.05, 3.63) is 59.4 Å². The highest BCUT2D eigenvalue weighted by Gasteiger charge is 2.14. The second-order valence-corrected chi connectivity index (χ2v) is 7.58. The van der Waals surface area contributed by atoms with Gasteiger partial charge in [-0.25, -0.2) is 4.99 Å². The zero-order valence-corrected chi connectivity index (χ0v) is 20.7. The van der Waals surface area contributed by atoms with E-state index in [2.05, 4.69) is 78.4 Å². The Labute approximate surface area is 197 Å². The van der Waals surface area contributed by atoms with E-state index in [-0.39, 0.29) is 24.0 Å². The van der Waals surface area contributed by atoms with Crippen LogP contribution in [-0.4, -0.2) is 48.3 Å². The zero-order chi connectivity index (χ0) is 20.5. The predicted molar refractivity (Wildman–Crippen MR) is 132 cm³/mol. The van der Waals surface area contributed by atoms with Gasteiger partial charge in [-0.3, -0.25) is 0 Å². The van der Waals surface area contributed by atoms with Crippen LogP contribution in [0.1, 0.15) is 36.6 Å². The smallest absolute Gasteiger partial charge is 0.194 e. The summed E-state index contributed by atoms with van der Waals surface area (Å²) >= 11 is 0. The van der Waals surface area contributed by atoms with Crippen LogP contribution < -0.4 is 5.32 Å². The van der Waals surface area contributed by atoms with Crippen LogP contribution in [0.2, 0.25) is 0 Å². The van der Waals surface area contributed by atoms with E-state index in [0.717, 1.165) is 45.1 Å². The van der Waals surface area contributed by atoms with Gasteiger partial charge in [-0.1, -0.05) is 24.3 Å². The first-order chi connectivity index (χ1) is 14.2. The molecule has 0 aliphatic carbocycles. The third-order valence-corrected chi connectivity index (χ3v) is 5.24. The van der Waals surface area contributed by atoms with Crippen molar-refractivity contribution in [1.29, 1.82) is 0 Å². The highest BCUT2D eigenvalue weighted by molar-refractivity contribution is 14.0. The minimum Gasteiger partial charge on any atom is -0.381 e. The number of halogens is 1. The second-order valence-electron chi connectivity index (χ2n) is 7.58. The standard InChI is InChI=1S/C23H34N4O2.HI/c1-4-24-23(27(3)17-21-6-5-13-26(21)2)25-16-19-7-9-20(10-8-19)18-29-22-11-14-28-15-12-22;/h5-10,13,22H,4,11-12,14-18H2,1-3H3,(H,24,25);1H. The molecule has 0 atom stereocenters. The summed E-state index contributed by atoms with van der Waals surface area (Å²) in [5, 5.41) is 3.39. The number of aryl methyl sites for hydroxylation is 1. The van der Waals surface area contributed by atoms with Crippen molar-refractivity contribution < 1.29 is 9.47 Å². The molecule has 0 radical (unpaired) electrons. The second kappa shape index (κ2) is 13.0. The molecule has 0 amide bonds. The van der Waals surface area contributed by atoms with E-state index in [0.29, 0.717) is 19.3 Å². The summed E-state index contributed by atoms with van der Waals surface area (Å²) in [7, 11) is 4.14. The van der Waals surface area contributed by atoms with Gasteiger partial charge < -0.3 is 24.3 Å². The summed E-state index contributed by atoms with van der Waals surface area (Å²) in [6.45, 7) is 6.70. The van der Waals surface area contributed by atoms with Crippen molar-refractivity contribution in [1.82, 2.24) is 14.8 Å². The molecular formula is C23H35IN4O2. The van der Waals surface area contributed by atoms with Crippen LogP contribution in [0.25, 0.3) is 0 Å². The molecule has 0 bridgehead atoms. The van der Waals surface area contributed by atoms with Crippen molar-refractivity contribution in [2.45, 2.75) is 45.6 Å². The Hall–Kier alpha value is -1.58. The van der Waals surface area contributed by atoms with Gasteiger partial charge in [0, 0.05) is 45.7 Å². The van der Waals surface area contributed by atoms with Crippen molar-refractivity contribution >= 4 is 29.9 Å². The van der Waals surface area contributed by atoms with Crippen molar-refractivity contribution in [3.63, 3.8) is 0 Å².